The summed E-state index contributed by atoms with van der Waals surface area (Å²) in [5.41, 5.74) is 3.32. The number of pyridine rings is 1. The van der Waals surface area contributed by atoms with E-state index >= 15 is 4.39 Å². The molecule has 0 aliphatic heterocycles. The average molecular weight is 517 g/mol. The Kier molecular flexibility index (Phi) is 5.44. The van der Waals surface area contributed by atoms with Crippen molar-refractivity contribution < 1.29 is 4.39 Å². The molecule has 0 atom stereocenters. The first-order valence-corrected chi connectivity index (χ1v) is 16.1. The quantitative estimate of drug-likeness (QED) is 0.254. The van der Waals surface area contributed by atoms with E-state index in [-0.39, 0.29) is 25.7 Å². The van der Waals surface area contributed by atoms with Crippen molar-refractivity contribution >= 4 is 52.2 Å². The van der Waals surface area contributed by atoms with Gasteiger partial charge in [-0.2, -0.15) is 0 Å². The Morgan fingerprint density at radius 2 is 1.55 bits per heavy atom. The molecule has 166 valence electrons. The fraction of sp³-hybridized carbons (Fsp3) is 0.207. The van der Waals surface area contributed by atoms with E-state index in [9.17, 15) is 0 Å². The molecule has 5 aromatic rings. The summed E-state index contributed by atoms with van der Waals surface area (Å²) in [5.74, 6) is -0.00833. The molecule has 0 radical (unpaired) electrons. The molecule has 2 aromatic heterocycles. The van der Waals surface area contributed by atoms with E-state index in [1.54, 1.807) is 6.20 Å². The number of benzene rings is 3. The first kappa shape index (κ1) is 22.3. The number of hydrogen-bond acceptors (Lipinski definition) is 1. The average Bonchev–Trinajstić information content (AvgIpc) is 3.16. The van der Waals surface area contributed by atoms with E-state index in [1.807, 2.05) is 12.1 Å². The first-order valence-electron chi connectivity index (χ1n) is 11.3. The summed E-state index contributed by atoms with van der Waals surface area (Å²) in [7, 11) is -2.11. The Bertz CT molecular complexity index is 1480. The predicted octanol–water partition coefficient (Wildman–Crippen LogP) is 6.37. The number of halogens is 1. The summed E-state index contributed by atoms with van der Waals surface area (Å²) < 4.78 is 18.0. The van der Waals surface area contributed by atoms with Crippen LogP contribution in [0.1, 0.15) is 26.3 Å². The fourth-order valence-electron chi connectivity index (χ4n) is 4.65. The Balaban J connectivity index is 1.76. The predicted molar refractivity (Wildman–Crippen MR) is 143 cm³/mol. The molecule has 0 spiro atoms. The molecule has 2 heterocycles. The zero-order valence-corrected chi connectivity index (χ0v) is 22.5. The standard InChI is InChI=1S/C29H28FNSeSi/c1-29(2,3)24-18-20(17-19-11-9-10-14-22(19)24)26-27-23(15-16-31-26)25(30)28(32-27)33(4,5)21-12-7-6-8-13-21/h6-18H,1-5H3. The summed E-state index contributed by atoms with van der Waals surface area (Å²) in [5, 5.41) is 4.50. The summed E-state index contributed by atoms with van der Waals surface area (Å²) in [6.45, 7) is 11.3. The summed E-state index contributed by atoms with van der Waals surface area (Å²) in [4.78, 5) is 4.81. The Hall–Kier alpha value is -2.52. The first-order chi connectivity index (χ1) is 15.7. The molecule has 0 fully saturated rings. The number of rotatable bonds is 3. The van der Waals surface area contributed by atoms with Gasteiger partial charge in [0.25, 0.3) is 0 Å². The summed E-state index contributed by atoms with van der Waals surface area (Å²) in [6.07, 6.45) is 1.77. The molecule has 0 saturated carbocycles. The SMILES string of the molecule is CC(C)(C)c1cc(-c2nccc3c(F)c([Si](C)(C)c4ccccc4)[se]c23)cc2ccccc12. The molecule has 0 unspecified atom stereocenters. The summed E-state index contributed by atoms with van der Waals surface area (Å²) >= 11 is -0.0812. The second-order valence-electron chi connectivity index (χ2n) is 10.3. The van der Waals surface area contributed by atoms with Crippen LogP contribution in [0.15, 0.2) is 79.0 Å². The van der Waals surface area contributed by atoms with Gasteiger partial charge in [0, 0.05) is 0 Å². The van der Waals surface area contributed by atoms with Crippen molar-refractivity contribution in [2.45, 2.75) is 39.3 Å². The van der Waals surface area contributed by atoms with Crippen LogP contribution in [0.25, 0.3) is 31.7 Å². The van der Waals surface area contributed by atoms with Gasteiger partial charge in [-0.3, -0.25) is 0 Å². The second-order valence-corrected chi connectivity index (χ2v) is 17.5. The molecule has 3 aromatic carbocycles. The van der Waals surface area contributed by atoms with Crippen LogP contribution in [0.2, 0.25) is 13.1 Å². The maximum atomic E-state index is 15.9. The molecule has 0 bridgehead atoms. The molecule has 0 N–H and O–H groups in total. The second kappa shape index (κ2) is 8.05. The number of fused-ring (bicyclic) bond motifs is 2. The minimum atomic E-state index is -2.11. The Morgan fingerprint density at radius 3 is 2.27 bits per heavy atom. The van der Waals surface area contributed by atoms with E-state index in [0.29, 0.717) is 0 Å². The van der Waals surface area contributed by atoms with Gasteiger partial charge in [0.15, 0.2) is 0 Å². The number of aromatic nitrogens is 1. The van der Waals surface area contributed by atoms with Crippen LogP contribution in [-0.2, 0) is 5.41 Å². The van der Waals surface area contributed by atoms with E-state index in [2.05, 4.69) is 94.5 Å². The molecule has 33 heavy (non-hydrogen) atoms. The minimum absolute atomic E-state index is 0.00438. The van der Waals surface area contributed by atoms with Crippen LogP contribution in [0.5, 0.6) is 0 Å². The van der Waals surface area contributed by atoms with Gasteiger partial charge >= 0.3 is 203 Å². The van der Waals surface area contributed by atoms with Crippen molar-refractivity contribution in [3.8, 4) is 11.3 Å². The van der Waals surface area contributed by atoms with Gasteiger partial charge in [-0.25, -0.2) is 0 Å². The van der Waals surface area contributed by atoms with Crippen LogP contribution in [0, 0.1) is 5.82 Å². The Morgan fingerprint density at radius 1 is 0.848 bits per heavy atom. The molecular weight excluding hydrogens is 488 g/mol. The van der Waals surface area contributed by atoms with Gasteiger partial charge in [-0.1, -0.05) is 0 Å². The van der Waals surface area contributed by atoms with Crippen LogP contribution >= 0.6 is 0 Å². The molecule has 4 heteroatoms. The van der Waals surface area contributed by atoms with E-state index < -0.39 is 8.07 Å². The maximum absolute atomic E-state index is 15.9. The van der Waals surface area contributed by atoms with E-state index in [0.717, 1.165) is 25.0 Å². The van der Waals surface area contributed by atoms with Gasteiger partial charge < -0.3 is 0 Å². The number of hydrogen-bond donors (Lipinski definition) is 0. The van der Waals surface area contributed by atoms with Gasteiger partial charge in [0.2, 0.25) is 0 Å². The topological polar surface area (TPSA) is 12.9 Å². The van der Waals surface area contributed by atoms with E-state index in [4.69, 9.17) is 4.98 Å². The fourth-order valence-corrected chi connectivity index (χ4v) is 11.7. The molecule has 5 rings (SSSR count). The Labute approximate surface area is 202 Å². The van der Waals surface area contributed by atoms with Crippen molar-refractivity contribution in [3.63, 3.8) is 0 Å². The van der Waals surface area contributed by atoms with Crippen LogP contribution < -0.4 is 9.25 Å². The van der Waals surface area contributed by atoms with Gasteiger partial charge in [-0.15, -0.1) is 0 Å². The summed E-state index contributed by atoms with van der Waals surface area (Å²) in [6, 6.07) is 25.4. The monoisotopic (exact) mass is 517 g/mol. The zero-order valence-electron chi connectivity index (χ0n) is 19.7. The van der Waals surface area contributed by atoms with E-state index in [1.165, 1.54) is 21.5 Å². The van der Waals surface area contributed by atoms with Crippen molar-refractivity contribution in [2.75, 3.05) is 0 Å². The molecule has 1 nitrogen and oxygen atoms in total. The molecular formula is C29H28FNSeSi. The third-order valence-electron chi connectivity index (χ3n) is 6.55. The third kappa shape index (κ3) is 3.80. The third-order valence-corrected chi connectivity index (χ3v) is 15.5. The normalized spacial score (nSPS) is 12.5. The van der Waals surface area contributed by atoms with Crippen molar-refractivity contribution in [1.82, 2.24) is 4.98 Å². The van der Waals surface area contributed by atoms with Crippen molar-refractivity contribution in [2.24, 2.45) is 0 Å². The number of nitrogens with zero attached hydrogens (tertiary/aromatic N) is 1. The molecule has 0 aliphatic carbocycles. The van der Waals surface area contributed by atoms with Crippen LogP contribution in [-0.4, -0.2) is 27.6 Å². The van der Waals surface area contributed by atoms with Gasteiger partial charge in [-0.05, 0) is 0 Å². The molecule has 0 amide bonds. The van der Waals surface area contributed by atoms with Crippen LogP contribution in [0.3, 0.4) is 0 Å². The molecule has 0 saturated heterocycles. The van der Waals surface area contributed by atoms with Crippen molar-refractivity contribution in [1.29, 1.82) is 0 Å². The van der Waals surface area contributed by atoms with Crippen LogP contribution in [0.4, 0.5) is 4.39 Å². The van der Waals surface area contributed by atoms with Crippen molar-refractivity contribution in [3.05, 3.63) is 90.4 Å². The zero-order chi connectivity index (χ0) is 23.4. The molecule has 0 aliphatic rings. The van der Waals surface area contributed by atoms with Gasteiger partial charge in [0.1, 0.15) is 0 Å². The van der Waals surface area contributed by atoms with Gasteiger partial charge in [0.05, 0.1) is 0 Å².